The van der Waals surface area contributed by atoms with Gasteiger partial charge in [-0.3, -0.25) is 9.36 Å². The molecule has 162 valence electrons. The Kier molecular flexibility index (Phi) is 6.72. The smallest absolute Gasteiger partial charge is 0.341 e. The van der Waals surface area contributed by atoms with Crippen LogP contribution >= 0.6 is 23.1 Å². The van der Waals surface area contributed by atoms with Gasteiger partial charge in [0.2, 0.25) is 5.91 Å². The first-order valence-corrected chi connectivity index (χ1v) is 12.0. The summed E-state index contributed by atoms with van der Waals surface area (Å²) in [5, 5.41) is 11.9. The van der Waals surface area contributed by atoms with Crippen LogP contribution in [0.1, 0.15) is 47.5 Å². The van der Waals surface area contributed by atoms with Gasteiger partial charge < -0.3 is 10.1 Å². The number of anilines is 1. The maximum absolute atomic E-state index is 13.0. The van der Waals surface area contributed by atoms with E-state index in [4.69, 9.17) is 4.74 Å². The van der Waals surface area contributed by atoms with E-state index in [1.54, 1.807) is 13.3 Å². The molecule has 1 N–H and O–H groups in total. The minimum absolute atomic E-state index is 0.184. The van der Waals surface area contributed by atoms with Crippen LogP contribution in [0.2, 0.25) is 0 Å². The van der Waals surface area contributed by atoms with Gasteiger partial charge in [0.05, 0.1) is 17.4 Å². The van der Waals surface area contributed by atoms with Crippen LogP contribution in [0.5, 0.6) is 0 Å². The summed E-state index contributed by atoms with van der Waals surface area (Å²) in [6.07, 6.45) is 5.57. The largest absolute Gasteiger partial charge is 0.462 e. The highest BCUT2D eigenvalue weighted by Gasteiger charge is 2.28. The average Bonchev–Trinajstić information content (AvgIpc) is 3.38. The molecule has 0 aliphatic heterocycles. The fourth-order valence-corrected chi connectivity index (χ4v) is 5.69. The Morgan fingerprint density at radius 2 is 2.03 bits per heavy atom. The molecule has 4 rings (SSSR count). The molecular formula is C22H24N4O3S2. The molecule has 1 amide bonds. The molecule has 1 aliphatic carbocycles. The van der Waals surface area contributed by atoms with Crippen molar-refractivity contribution in [2.45, 2.75) is 49.9 Å². The van der Waals surface area contributed by atoms with E-state index >= 15 is 0 Å². The topological polar surface area (TPSA) is 86.1 Å². The van der Waals surface area contributed by atoms with Crippen LogP contribution in [0, 0.1) is 0 Å². The number of benzene rings is 1. The number of fused-ring (bicyclic) bond motifs is 1. The highest BCUT2D eigenvalue weighted by atomic mass is 32.2. The number of thioether (sulfide) groups is 1. The summed E-state index contributed by atoms with van der Waals surface area (Å²) in [6, 6.07) is 9.74. The van der Waals surface area contributed by atoms with Gasteiger partial charge in [-0.2, -0.15) is 0 Å². The quantitative estimate of drug-likeness (QED) is 0.416. The number of aryl methyl sites for hydroxylation is 1. The zero-order chi connectivity index (χ0) is 21.8. The summed E-state index contributed by atoms with van der Waals surface area (Å²) >= 11 is 2.82. The van der Waals surface area contributed by atoms with E-state index in [0.29, 0.717) is 22.3 Å². The number of ether oxygens (including phenoxy) is 1. The maximum atomic E-state index is 13.0. The Labute approximate surface area is 189 Å². The number of carbonyl (C=O) groups excluding carboxylic acids is 2. The summed E-state index contributed by atoms with van der Waals surface area (Å²) in [7, 11) is 0. The van der Waals surface area contributed by atoms with E-state index in [9.17, 15) is 9.59 Å². The second-order valence-electron chi connectivity index (χ2n) is 7.20. The lowest BCUT2D eigenvalue weighted by atomic mass is 9.95. The summed E-state index contributed by atoms with van der Waals surface area (Å²) in [4.78, 5) is 26.8. The molecule has 3 aromatic rings. The number of para-hydroxylation sites is 1. The number of nitrogens with one attached hydrogen (secondary N) is 1. The normalized spacial score (nSPS) is 14.0. The minimum atomic E-state index is -0.430. The van der Waals surface area contributed by atoms with Crippen molar-refractivity contribution in [2.24, 2.45) is 0 Å². The van der Waals surface area contributed by atoms with E-state index in [-0.39, 0.29) is 11.9 Å². The molecule has 1 atom stereocenters. The Bertz CT molecular complexity index is 1080. The van der Waals surface area contributed by atoms with Gasteiger partial charge in [0.1, 0.15) is 11.3 Å². The molecule has 0 unspecified atom stereocenters. The summed E-state index contributed by atoms with van der Waals surface area (Å²) < 4.78 is 7.12. The third-order valence-electron chi connectivity index (χ3n) is 5.09. The first kappa shape index (κ1) is 21.6. The average molecular weight is 457 g/mol. The van der Waals surface area contributed by atoms with Crippen LogP contribution < -0.4 is 5.32 Å². The third-order valence-corrected chi connectivity index (χ3v) is 7.35. The Morgan fingerprint density at radius 1 is 1.26 bits per heavy atom. The van der Waals surface area contributed by atoms with E-state index < -0.39 is 5.25 Å². The van der Waals surface area contributed by atoms with Gasteiger partial charge >= 0.3 is 5.97 Å². The molecule has 0 bridgehead atoms. The van der Waals surface area contributed by atoms with Crippen LogP contribution in [0.4, 0.5) is 5.00 Å². The molecule has 1 aromatic carbocycles. The molecule has 1 aliphatic rings. The second kappa shape index (κ2) is 9.65. The molecule has 9 heteroatoms. The van der Waals surface area contributed by atoms with Crippen LogP contribution in [0.25, 0.3) is 5.69 Å². The molecule has 2 aromatic heterocycles. The van der Waals surface area contributed by atoms with Crippen molar-refractivity contribution in [3.8, 4) is 5.69 Å². The van der Waals surface area contributed by atoms with Gasteiger partial charge in [0.25, 0.3) is 0 Å². The maximum Gasteiger partial charge on any atom is 0.341 e. The number of hydrogen-bond donors (Lipinski definition) is 1. The Balaban J connectivity index is 1.52. The van der Waals surface area contributed by atoms with Crippen molar-refractivity contribution in [1.82, 2.24) is 14.8 Å². The van der Waals surface area contributed by atoms with Gasteiger partial charge in [-0.05, 0) is 57.2 Å². The summed E-state index contributed by atoms with van der Waals surface area (Å²) in [5.74, 6) is -0.543. The third kappa shape index (κ3) is 4.67. The zero-order valence-electron chi connectivity index (χ0n) is 17.5. The highest BCUT2D eigenvalue weighted by molar-refractivity contribution is 8.00. The predicted octanol–water partition coefficient (Wildman–Crippen LogP) is 4.50. The number of carbonyl (C=O) groups is 2. The second-order valence-corrected chi connectivity index (χ2v) is 9.62. The number of thiophene rings is 1. The SMILES string of the molecule is CCOC(=O)c1c(NC(=O)[C@@H](C)Sc2nncn2-c2ccccc2)sc2c1CCCC2. The van der Waals surface area contributed by atoms with Crippen molar-refractivity contribution in [3.63, 3.8) is 0 Å². The van der Waals surface area contributed by atoms with E-state index in [1.165, 1.54) is 28.0 Å². The first-order chi connectivity index (χ1) is 15.1. The number of hydrogen-bond acceptors (Lipinski definition) is 7. The molecule has 0 fully saturated rings. The zero-order valence-corrected chi connectivity index (χ0v) is 19.1. The monoisotopic (exact) mass is 456 g/mol. The Hall–Kier alpha value is -2.65. The van der Waals surface area contributed by atoms with Gasteiger partial charge in [-0.15, -0.1) is 21.5 Å². The lowest BCUT2D eigenvalue weighted by Crippen LogP contribution is -2.23. The lowest BCUT2D eigenvalue weighted by molar-refractivity contribution is -0.115. The van der Waals surface area contributed by atoms with Crippen molar-refractivity contribution in [2.75, 3.05) is 11.9 Å². The molecule has 31 heavy (non-hydrogen) atoms. The fraction of sp³-hybridized carbons (Fsp3) is 0.364. The molecule has 0 radical (unpaired) electrons. The minimum Gasteiger partial charge on any atom is -0.462 e. The van der Waals surface area contributed by atoms with E-state index in [1.807, 2.05) is 41.8 Å². The summed E-state index contributed by atoms with van der Waals surface area (Å²) in [5.41, 5.74) is 2.49. The first-order valence-electron chi connectivity index (χ1n) is 10.3. The van der Waals surface area contributed by atoms with Crippen molar-refractivity contribution < 1.29 is 14.3 Å². The number of rotatable bonds is 7. The standard InChI is InChI=1S/C22H24N4O3S2/c1-3-29-21(28)18-16-11-7-8-12-17(16)31-20(18)24-19(27)14(2)30-22-25-23-13-26(22)15-9-5-4-6-10-15/h4-6,9-10,13-14H,3,7-8,11-12H2,1-2H3,(H,24,27)/t14-/m1/s1. The number of esters is 1. The fourth-order valence-electron chi connectivity index (χ4n) is 3.57. The molecule has 2 heterocycles. The molecule has 0 spiro atoms. The van der Waals surface area contributed by atoms with Crippen LogP contribution in [-0.4, -0.2) is 38.5 Å². The van der Waals surface area contributed by atoms with Crippen LogP contribution in [0.15, 0.2) is 41.8 Å². The summed E-state index contributed by atoms with van der Waals surface area (Å²) in [6.45, 7) is 3.91. The van der Waals surface area contributed by atoms with E-state index in [0.717, 1.165) is 36.9 Å². The Morgan fingerprint density at radius 3 is 2.81 bits per heavy atom. The molecule has 0 saturated heterocycles. The molecule has 0 saturated carbocycles. The van der Waals surface area contributed by atoms with Gasteiger partial charge in [0, 0.05) is 10.6 Å². The number of nitrogens with zero attached hydrogens (tertiary/aromatic N) is 3. The van der Waals surface area contributed by atoms with Gasteiger partial charge in [-0.25, -0.2) is 4.79 Å². The number of aromatic nitrogens is 3. The molecule has 7 nitrogen and oxygen atoms in total. The number of amides is 1. The van der Waals surface area contributed by atoms with Gasteiger partial charge in [-0.1, -0.05) is 30.0 Å². The van der Waals surface area contributed by atoms with E-state index in [2.05, 4.69) is 15.5 Å². The highest BCUT2D eigenvalue weighted by Crippen LogP contribution is 2.39. The van der Waals surface area contributed by atoms with Crippen molar-refractivity contribution in [3.05, 3.63) is 52.7 Å². The van der Waals surface area contributed by atoms with Crippen molar-refractivity contribution >= 4 is 40.0 Å². The lowest BCUT2D eigenvalue weighted by Gasteiger charge is -2.14. The van der Waals surface area contributed by atoms with Gasteiger partial charge in [0.15, 0.2) is 5.16 Å². The van der Waals surface area contributed by atoms with Crippen LogP contribution in [-0.2, 0) is 22.4 Å². The predicted molar refractivity (Wildman–Crippen MR) is 122 cm³/mol. The van der Waals surface area contributed by atoms with Crippen LogP contribution in [0.3, 0.4) is 0 Å². The molecular weight excluding hydrogens is 432 g/mol. The van der Waals surface area contributed by atoms with Crippen molar-refractivity contribution in [1.29, 1.82) is 0 Å².